The summed E-state index contributed by atoms with van der Waals surface area (Å²) in [5.41, 5.74) is 0.164. The summed E-state index contributed by atoms with van der Waals surface area (Å²) in [6.45, 7) is 1.22. The Morgan fingerprint density at radius 1 is 1.42 bits per heavy atom. The van der Waals surface area contributed by atoms with Gasteiger partial charge in [-0.25, -0.2) is 0 Å². The smallest absolute Gasteiger partial charge is 0.318 e. The lowest BCUT2D eigenvalue weighted by molar-refractivity contribution is -0.384. The predicted octanol–water partition coefficient (Wildman–Crippen LogP) is 2.25. The van der Waals surface area contributed by atoms with Gasteiger partial charge in [0.05, 0.1) is 17.4 Å². The van der Waals surface area contributed by atoms with Gasteiger partial charge in [0.1, 0.15) is 11.7 Å². The number of rotatable bonds is 5. The zero-order chi connectivity index (χ0) is 14.6. The molecule has 7 heteroatoms. The van der Waals surface area contributed by atoms with Gasteiger partial charge in [0, 0.05) is 12.1 Å². The molecule has 19 heavy (non-hydrogen) atoms. The number of hydrogen-bond acceptors (Lipinski definition) is 5. The number of nitro benzene ring substituents is 1. The van der Waals surface area contributed by atoms with Crippen LogP contribution in [0, 0.1) is 16.0 Å². The summed E-state index contributed by atoms with van der Waals surface area (Å²) in [5, 5.41) is 9.66. The van der Waals surface area contributed by atoms with Crippen molar-refractivity contribution >= 4 is 29.0 Å². The largest absolute Gasteiger partial charge is 0.468 e. The third-order valence-corrected chi connectivity index (χ3v) is 3.09. The molecule has 0 aliphatic carbocycles. The van der Waals surface area contributed by atoms with Crippen molar-refractivity contribution in [2.24, 2.45) is 5.92 Å². The summed E-state index contributed by atoms with van der Waals surface area (Å²) in [4.78, 5) is 33.1. The number of non-ortho nitro benzene ring substituents is 1. The van der Waals surface area contributed by atoms with E-state index in [4.69, 9.17) is 11.6 Å². The fraction of sp³-hybridized carbons (Fsp3) is 0.333. The van der Waals surface area contributed by atoms with Gasteiger partial charge in [-0.15, -0.1) is 11.6 Å². The van der Waals surface area contributed by atoms with Crippen molar-refractivity contribution in [1.29, 1.82) is 0 Å². The van der Waals surface area contributed by atoms with Crippen molar-refractivity contribution < 1.29 is 19.2 Å². The van der Waals surface area contributed by atoms with E-state index in [0.717, 1.165) is 7.11 Å². The Balaban J connectivity index is 3.12. The van der Waals surface area contributed by atoms with Crippen LogP contribution < -0.4 is 0 Å². The first kappa shape index (κ1) is 15.1. The molecule has 102 valence electrons. The Morgan fingerprint density at radius 2 is 2.05 bits per heavy atom. The van der Waals surface area contributed by atoms with Crippen LogP contribution in [0.3, 0.4) is 0 Å². The molecular weight excluding hydrogens is 274 g/mol. The zero-order valence-corrected chi connectivity index (χ0v) is 11.1. The summed E-state index contributed by atoms with van der Waals surface area (Å²) >= 11 is 6.07. The van der Waals surface area contributed by atoms with Crippen molar-refractivity contribution in [3.8, 4) is 0 Å². The van der Waals surface area contributed by atoms with Gasteiger partial charge in [0.15, 0.2) is 0 Å². The maximum atomic E-state index is 11.5. The second-order valence-corrected chi connectivity index (χ2v) is 4.34. The number of carbonyl (C=O) groups excluding carboxylic acids is 2. The number of methoxy groups -OCH3 is 1. The van der Waals surface area contributed by atoms with E-state index in [1.54, 1.807) is 0 Å². The van der Waals surface area contributed by atoms with E-state index >= 15 is 0 Å². The number of hydrogen-bond donors (Lipinski definition) is 0. The van der Waals surface area contributed by atoms with E-state index in [9.17, 15) is 19.7 Å². The summed E-state index contributed by atoms with van der Waals surface area (Å²) in [6.07, 6.45) is 0. The number of Topliss-reactive ketones (excluding diaryl/α,β-unsaturated/α-hetero) is 1. The van der Waals surface area contributed by atoms with Gasteiger partial charge in [-0.2, -0.15) is 0 Å². The highest BCUT2D eigenvalue weighted by Gasteiger charge is 2.33. The molecule has 0 fully saturated rings. The zero-order valence-electron chi connectivity index (χ0n) is 10.3. The van der Waals surface area contributed by atoms with Crippen LogP contribution in [-0.4, -0.2) is 23.8 Å². The third-order valence-electron chi connectivity index (χ3n) is 2.59. The summed E-state index contributed by atoms with van der Waals surface area (Å²) in [5.74, 6) is -2.41. The van der Waals surface area contributed by atoms with Gasteiger partial charge in [-0.1, -0.05) is 12.1 Å². The first-order valence-corrected chi connectivity index (χ1v) is 5.78. The molecular formula is C12H12ClNO5. The second kappa shape index (κ2) is 6.29. The molecule has 0 aromatic heterocycles. The molecule has 1 aromatic carbocycles. The average molecular weight is 286 g/mol. The fourth-order valence-corrected chi connectivity index (χ4v) is 2.04. The first-order valence-electron chi connectivity index (χ1n) is 5.35. The lowest BCUT2D eigenvalue weighted by atomic mass is 9.95. The average Bonchev–Trinajstić information content (AvgIpc) is 2.38. The molecule has 0 amide bonds. The number of alkyl halides is 1. The van der Waals surface area contributed by atoms with Crippen molar-refractivity contribution in [3.05, 3.63) is 39.9 Å². The fourth-order valence-electron chi connectivity index (χ4n) is 1.62. The molecule has 0 heterocycles. The van der Waals surface area contributed by atoms with Gasteiger partial charge in [-0.05, 0) is 12.5 Å². The number of esters is 1. The molecule has 2 atom stereocenters. The quantitative estimate of drug-likeness (QED) is 0.272. The molecule has 2 unspecified atom stereocenters. The molecule has 0 aliphatic rings. The maximum absolute atomic E-state index is 11.5. The third kappa shape index (κ3) is 3.51. The lowest BCUT2D eigenvalue weighted by Crippen LogP contribution is -2.27. The summed E-state index contributed by atoms with van der Waals surface area (Å²) in [7, 11) is 1.15. The highest BCUT2D eigenvalue weighted by Crippen LogP contribution is 2.32. The highest BCUT2D eigenvalue weighted by molar-refractivity contribution is 6.24. The Labute approximate surface area is 114 Å². The van der Waals surface area contributed by atoms with Gasteiger partial charge in [-0.3, -0.25) is 19.7 Å². The van der Waals surface area contributed by atoms with Gasteiger partial charge in [0.25, 0.3) is 5.69 Å². The van der Waals surface area contributed by atoms with E-state index in [-0.39, 0.29) is 5.69 Å². The van der Waals surface area contributed by atoms with Crippen molar-refractivity contribution in [3.63, 3.8) is 0 Å². The second-order valence-electron chi connectivity index (χ2n) is 3.87. The Kier molecular flexibility index (Phi) is 5.00. The maximum Gasteiger partial charge on any atom is 0.318 e. The van der Waals surface area contributed by atoms with E-state index in [1.807, 2.05) is 0 Å². The minimum absolute atomic E-state index is 0.157. The number of benzene rings is 1. The summed E-state index contributed by atoms with van der Waals surface area (Å²) < 4.78 is 4.52. The molecule has 0 N–H and O–H groups in total. The van der Waals surface area contributed by atoms with Gasteiger partial charge >= 0.3 is 5.97 Å². The number of nitrogens with zero attached hydrogens (tertiary/aromatic N) is 1. The van der Waals surface area contributed by atoms with Crippen LogP contribution >= 0.6 is 11.6 Å². The number of ether oxygens (including phenoxy) is 1. The Morgan fingerprint density at radius 3 is 2.53 bits per heavy atom. The molecule has 0 bridgehead atoms. The predicted molar refractivity (Wildman–Crippen MR) is 67.9 cm³/mol. The van der Waals surface area contributed by atoms with Crippen molar-refractivity contribution in [1.82, 2.24) is 0 Å². The summed E-state index contributed by atoms with van der Waals surface area (Å²) in [6, 6.07) is 5.49. The molecule has 0 saturated heterocycles. The Hall–Kier alpha value is -1.95. The monoisotopic (exact) mass is 285 g/mol. The van der Waals surface area contributed by atoms with Gasteiger partial charge in [0.2, 0.25) is 0 Å². The number of carbonyl (C=O) groups is 2. The van der Waals surface area contributed by atoms with Crippen LogP contribution in [0.2, 0.25) is 0 Å². The normalized spacial score (nSPS) is 13.4. The molecule has 0 spiro atoms. The molecule has 0 radical (unpaired) electrons. The molecule has 0 saturated carbocycles. The SMILES string of the molecule is COC(=O)C(C(C)=O)C(Cl)c1cccc([N+](=O)[O-])c1. The molecule has 6 nitrogen and oxygen atoms in total. The van der Waals surface area contributed by atoms with Crippen LogP contribution in [0.4, 0.5) is 5.69 Å². The molecule has 1 aromatic rings. The minimum Gasteiger partial charge on any atom is -0.468 e. The van der Waals surface area contributed by atoms with Crippen LogP contribution in [0.25, 0.3) is 0 Å². The van der Waals surface area contributed by atoms with E-state index in [0.29, 0.717) is 5.56 Å². The van der Waals surface area contributed by atoms with Crippen LogP contribution in [0.1, 0.15) is 17.9 Å². The molecule has 0 aliphatic heterocycles. The van der Waals surface area contributed by atoms with Crippen molar-refractivity contribution in [2.75, 3.05) is 7.11 Å². The van der Waals surface area contributed by atoms with Crippen LogP contribution in [0.15, 0.2) is 24.3 Å². The molecule has 1 rings (SSSR count). The van der Waals surface area contributed by atoms with Gasteiger partial charge < -0.3 is 4.74 Å². The highest BCUT2D eigenvalue weighted by atomic mass is 35.5. The van der Waals surface area contributed by atoms with E-state index < -0.39 is 28.0 Å². The minimum atomic E-state index is -1.19. The van der Waals surface area contributed by atoms with E-state index in [1.165, 1.54) is 31.2 Å². The standard InChI is InChI=1S/C12H12ClNO5/c1-7(15)10(12(16)19-2)11(13)8-4-3-5-9(6-8)14(17)18/h3-6,10-11H,1-2H3. The number of nitro groups is 1. The van der Waals surface area contributed by atoms with Crippen molar-refractivity contribution in [2.45, 2.75) is 12.3 Å². The topological polar surface area (TPSA) is 86.5 Å². The number of halogens is 1. The van der Waals surface area contributed by atoms with Crippen LogP contribution in [-0.2, 0) is 14.3 Å². The van der Waals surface area contributed by atoms with Crippen LogP contribution in [0.5, 0.6) is 0 Å². The van der Waals surface area contributed by atoms with E-state index in [2.05, 4.69) is 4.74 Å². The first-order chi connectivity index (χ1) is 8.88. The lowest BCUT2D eigenvalue weighted by Gasteiger charge is -2.17. The Bertz CT molecular complexity index is 517. The number of ketones is 1.